The van der Waals surface area contributed by atoms with Crippen LogP contribution in [0.25, 0.3) is 21.7 Å². The van der Waals surface area contributed by atoms with E-state index in [9.17, 15) is 9.59 Å². The van der Waals surface area contributed by atoms with Gasteiger partial charge in [0.25, 0.3) is 5.91 Å². The number of methoxy groups -OCH3 is 2. The molecule has 1 aliphatic rings. The molecule has 0 saturated carbocycles. The summed E-state index contributed by atoms with van der Waals surface area (Å²) in [5.41, 5.74) is 4.56. The zero-order valence-corrected chi connectivity index (χ0v) is 22.5. The van der Waals surface area contributed by atoms with E-state index in [0.717, 1.165) is 33.7 Å². The third-order valence-corrected chi connectivity index (χ3v) is 7.38. The van der Waals surface area contributed by atoms with E-state index in [1.165, 1.54) is 7.11 Å². The van der Waals surface area contributed by atoms with E-state index < -0.39 is 6.09 Å². The molecule has 0 atom stereocenters. The average Bonchev–Trinajstić information content (AvgIpc) is 3.52. The zero-order valence-electron chi connectivity index (χ0n) is 21.6. The molecule has 1 N–H and O–H groups in total. The number of ether oxygens (including phenoxy) is 3. The van der Waals surface area contributed by atoms with Crippen LogP contribution in [0.5, 0.6) is 11.5 Å². The van der Waals surface area contributed by atoms with Gasteiger partial charge in [-0.25, -0.2) is 4.79 Å². The number of fused-ring (bicyclic) bond motifs is 3. The summed E-state index contributed by atoms with van der Waals surface area (Å²) in [6.45, 7) is 7.34. The molecule has 0 unspecified atom stereocenters. The monoisotopic (exact) mass is 511 g/mol. The summed E-state index contributed by atoms with van der Waals surface area (Å²) in [4.78, 5) is 27.8. The van der Waals surface area contributed by atoms with Crippen LogP contribution in [0.1, 0.15) is 36.8 Å². The first-order valence-corrected chi connectivity index (χ1v) is 12.7. The van der Waals surface area contributed by atoms with E-state index in [1.54, 1.807) is 23.3 Å². The quantitative estimate of drug-likeness (QED) is 0.449. The van der Waals surface area contributed by atoms with Crippen molar-refractivity contribution in [2.24, 2.45) is 0 Å². The van der Waals surface area contributed by atoms with Crippen LogP contribution >= 0.6 is 11.3 Å². The fraction of sp³-hybridized carbons (Fsp3) is 0.407. The first-order chi connectivity index (χ1) is 17.2. The number of carbonyl (C=O) groups is 2. The Morgan fingerprint density at radius 3 is 2.56 bits per heavy atom. The molecule has 0 saturated heterocycles. The van der Waals surface area contributed by atoms with Crippen molar-refractivity contribution in [1.82, 2.24) is 14.8 Å². The Morgan fingerprint density at radius 2 is 1.92 bits per heavy atom. The highest BCUT2D eigenvalue weighted by atomic mass is 32.1. The number of rotatable bonds is 7. The summed E-state index contributed by atoms with van der Waals surface area (Å²) in [6, 6.07) is 10.1. The Hall–Kier alpha value is -3.46. The molecule has 0 fully saturated rings. The van der Waals surface area contributed by atoms with E-state index in [0.29, 0.717) is 30.3 Å². The van der Waals surface area contributed by atoms with Crippen molar-refractivity contribution in [1.29, 1.82) is 0 Å². The molecule has 1 aromatic carbocycles. The van der Waals surface area contributed by atoms with Gasteiger partial charge in [0.1, 0.15) is 12.3 Å². The lowest BCUT2D eigenvalue weighted by Gasteiger charge is -2.32. The van der Waals surface area contributed by atoms with Crippen LogP contribution in [-0.4, -0.2) is 61.4 Å². The lowest BCUT2D eigenvalue weighted by Crippen LogP contribution is -2.43. The lowest BCUT2D eigenvalue weighted by atomic mass is 9.95. The number of hydrogen-bond donors (Lipinski definition) is 1. The number of nitrogens with one attached hydrogen (secondary N) is 1. The molecule has 3 aromatic rings. The Balaban J connectivity index is 1.78. The fourth-order valence-electron chi connectivity index (χ4n) is 4.27. The zero-order chi connectivity index (χ0) is 26.0. The van der Waals surface area contributed by atoms with Gasteiger partial charge in [0, 0.05) is 35.1 Å². The first kappa shape index (κ1) is 25.6. The number of aromatic nitrogens is 1. The Morgan fingerprint density at radius 1 is 1.14 bits per heavy atom. The van der Waals surface area contributed by atoms with Crippen LogP contribution in [0.15, 0.2) is 35.7 Å². The summed E-state index contributed by atoms with van der Waals surface area (Å²) >= 11 is 1.65. The normalized spacial score (nSPS) is 12.4. The highest BCUT2D eigenvalue weighted by Gasteiger charge is 2.32. The third-order valence-electron chi connectivity index (χ3n) is 6.48. The molecule has 3 heterocycles. The maximum Gasteiger partial charge on any atom is 0.406 e. The van der Waals surface area contributed by atoms with Crippen molar-refractivity contribution in [2.45, 2.75) is 39.3 Å². The van der Waals surface area contributed by atoms with Gasteiger partial charge >= 0.3 is 6.09 Å². The minimum atomic E-state index is -0.508. The fourth-order valence-corrected chi connectivity index (χ4v) is 5.01. The smallest absolute Gasteiger partial charge is 0.406 e. The molecule has 4 rings (SSSR count). The number of aryl methyl sites for hydroxylation is 1. The predicted octanol–water partition coefficient (Wildman–Crippen LogP) is 5.05. The molecule has 192 valence electrons. The van der Waals surface area contributed by atoms with E-state index in [2.05, 4.69) is 20.7 Å². The molecule has 0 bridgehead atoms. The van der Waals surface area contributed by atoms with Gasteiger partial charge in [-0.15, -0.1) is 11.3 Å². The molecule has 2 amide bonds. The van der Waals surface area contributed by atoms with E-state index in [1.807, 2.05) is 57.5 Å². The van der Waals surface area contributed by atoms with Gasteiger partial charge in [0.05, 0.1) is 26.5 Å². The summed E-state index contributed by atoms with van der Waals surface area (Å²) in [7, 11) is 4.79. The molecule has 8 nitrogen and oxygen atoms in total. The number of benzene rings is 1. The van der Waals surface area contributed by atoms with Crippen molar-refractivity contribution < 1.29 is 23.8 Å². The van der Waals surface area contributed by atoms with Crippen LogP contribution < -0.4 is 14.8 Å². The highest BCUT2D eigenvalue weighted by molar-refractivity contribution is 7.13. The summed E-state index contributed by atoms with van der Waals surface area (Å²) < 4.78 is 18.3. The van der Waals surface area contributed by atoms with Crippen LogP contribution in [0.4, 0.5) is 4.79 Å². The van der Waals surface area contributed by atoms with Gasteiger partial charge in [-0.05, 0) is 62.4 Å². The van der Waals surface area contributed by atoms with Gasteiger partial charge in [0.2, 0.25) is 0 Å². The second kappa shape index (κ2) is 10.3. The number of alkyl carbamates (subject to hydrolysis) is 1. The van der Waals surface area contributed by atoms with Crippen LogP contribution in [0.3, 0.4) is 0 Å². The molecule has 36 heavy (non-hydrogen) atoms. The molecule has 0 spiro atoms. The van der Waals surface area contributed by atoms with E-state index in [4.69, 9.17) is 9.47 Å². The average molecular weight is 512 g/mol. The second-order valence-electron chi connectivity index (χ2n) is 9.63. The van der Waals surface area contributed by atoms with Crippen molar-refractivity contribution in [2.75, 3.05) is 34.4 Å². The van der Waals surface area contributed by atoms with Gasteiger partial charge in [0.15, 0.2) is 11.5 Å². The first-order valence-electron chi connectivity index (χ1n) is 11.9. The number of hydrogen-bond acceptors (Lipinski definition) is 6. The number of amides is 2. The number of thiophene rings is 1. The second-order valence-corrected chi connectivity index (χ2v) is 10.6. The van der Waals surface area contributed by atoms with Crippen molar-refractivity contribution >= 4 is 23.3 Å². The maximum atomic E-state index is 13.6. The molecule has 0 aliphatic carbocycles. The van der Waals surface area contributed by atoms with E-state index >= 15 is 0 Å². The van der Waals surface area contributed by atoms with Gasteiger partial charge < -0.3 is 29.0 Å². The molecule has 1 aliphatic heterocycles. The summed E-state index contributed by atoms with van der Waals surface area (Å²) in [5.74, 6) is 1.21. The number of carbonyl (C=O) groups excluding carboxylic acids is 2. The summed E-state index contributed by atoms with van der Waals surface area (Å²) in [5, 5.41) is 4.66. The molecule has 9 heteroatoms. The molecular formula is C27H33N3O5S. The molecular weight excluding hydrogens is 478 g/mol. The highest BCUT2D eigenvalue weighted by Crippen LogP contribution is 2.45. The minimum absolute atomic E-state index is 0.00567. The Kier molecular flexibility index (Phi) is 7.31. The van der Waals surface area contributed by atoms with Crippen LogP contribution in [0, 0.1) is 0 Å². The van der Waals surface area contributed by atoms with Crippen LogP contribution in [0.2, 0.25) is 0 Å². The molecule has 2 aromatic heterocycles. The van der Waals surface area contributed by atoms with Crippen LogP contribution in [-0.2, 0) is 17.7 Å². The predicted molar refractivity (Wildman–Crippen MR) is 141 cm³/mol. The van der Waals surface area contributed by atoms with Gasteiger partial charge in [-0.3, -0.25) is 4.79 Å². The van der Waals surface area contributed by atoms with Gasteiger partial charge in [-0.1, -0.05) is 6.07 Å². The van der Waals surface area contributed by atoms with Gasteiger partial charge in [-0.2, -0.15) is 0 Å². The van der Waals surface area contributed by atoms with Crippen molar-refractivity contribution in [3.05, 3.63) is 47.0 Å². The Labute approximate surface area is 215 Å². The summed E-state index contributed by atoms with van der Waals surface area (Å²) in [6.07, 6.45) is 0.257. The standard InChI is InChI=1S/C27H33N3O5S/c1-27(2,3)29(4)25(31)20-15-19(23-8-7-13-36-23)24-18-16-22(35-12-10-28-26(32)34-6)21(33-5)14-17(18)9-11-30(20)24/h7-8,13-16H,9-12H2,1-6H3,(H,28,32). The largest absolute Gasteiger partial charge is 0.493 e. The third kappa shape index (κ3) is 4.93. The SMILES string of the molecule is COC(=O)NCCOc1cc2c(cc1OC)CCn1c(C(=O)N(C)C(C)(C)C)cc(-c3cccs3)c1-2. The minimum Gasteiger partial charge on any atom is -0.493 e. The van der Waals surface area contributed by atoms with Crippen molar-refractivity contribution in [3.8, 4) is 33.2 Å². The number of nitrogens with zero attached hydrogens (tertiary/aromatic N) is 2. The maximum absolute atomic E-state index is 13.6. The topological polar surface area (TPSA) is 82.0 Å². The molecule has 0 radical (unpaired) electrons. The van der Waals surface area contributed by atoms with E-state index in [-0.39, 0.29) is 18.1 Å². The Bertz CT molecular complexity index is 1260. The lowest BCUT2D eigenvalue weighted by molar-refractivity contribution is 0.0644. The van der Waals surface area contributed by atoms with Crippen molar-refractivity contribution in [3.63, 3.8) is 0 Å².